The zero-order valence-electron chi connectivity index (χ0n) is 12.7. The number of carbonyl (C=O) groups is 1. The van der Waals surface area contributed by atoms with Gasteiger partial charge in [-0.1, -0.05) is 11.3 Å². The number of aromatic nitrogens is 1. The lowest BCUT2D eigenvalue weighted by Crippen LogP contribution is -2.29. The summed E-state index contributed by atoms with van der Waals surface area (Å²) in [7, 11) is 1.70. The molecule has 0 saturated heterocycles. The smallest absolute Gasteiger partial charge is 0.267 e. The van der Waals surface area contributed by atoms with Gasteiger partial charge in [-0.2, -0.15) is 0 Å². The third-order valence-electron chi connectivity index (χ3n) is 2.56. The van der Waals surface area contributed by atoms with Crippen molar-refractivity contribution >= 4 is 28.2 Å². The maximum Gasteiger partial charge on any atom is 0.267 e. The second kappa shape index (κ2) is 6.41. The average Bonchev–Trinajstić information content (AvgIpc) is 2.63. The molecule has 20 heavy (non-hydrogen) atoms. The van der Waals surface area contributed by atoms with Crippen molar-refractivity contribution in [2.75, 3.05) is 24.6 Å². The Morgan fingerprint density at radius 1 is 1.55 bits per heavy atom. The van der Waals surface area contributed by atoms with Crippen LogP contribution in [0, 0.1) is 0 Å². The van der Waals surface area contributed by atoms with E-state index in [0.717, 1.165) is 0 Å². The van der Waals surface area contributed by atoms with Gasteiger partial charge >= 0.3 is 0 Å². The molecule has 0 bridgehead atoms. The minimum absolute atomic E-state index is 0.136. The molecule has 1 aromatic rings. The fourth-order valence-corrected chi connectivity index (χ4v) is 2.60. The zero-order valence-corrected chi connectivity index (χ0v) is 13.5. The first-order chi connectivity index (χ1) is 9.10. The van der Waals surface area contributed by atoms with Crippen LogP contribution in [0.5, 0.6) is 0 Å². The number of carbonyl (C=O) groups excluding carboxylic acids is 1. The van der Waals surface area contributed by atoms with Crippen LogP contribution in [0.4, 0.5) is 10.9 Å². The van der Waals surface area contributed by atoms with Gasteiger partial charge in [0.05, 0.1) is 6.10 Å². The van der Waals surface area contributed by atoms with Gasteiger partial charge in [0.1, 0.15) is 10.7 Å². The van der Waals surface area contributed by atoms with Crippen LogP contribution in [0.2, 0.25) is 0 Å². The topological polar surface area (TPSA) is 91.5 Å². The van der Waals surface area contributed by atoms with Crippen molar-refractivity contribution in [3.05, 3.63) is 4.88 Å². The molecule has 6 nitrogen and oxygen atoms in total. The maximum absolute atomic E-state index is 12.3. The number of nitrogen functional groups attached to an aromatic ring is 1. The highest BCUT2D eigenvalue weighted by Gasteiger charge is 2.21. The molecule has 0 spiro atoms. The molecule has 114 valence electrons. The Labute approximate surface area is 124 Å². The highest BCUT2D eigenvalue weighted by molar-refractivity contribution is 7.18. The minimum atomic E-state index is -0.429. The fourth-order valence-electron chi connectivity index (χ4n) is 1.51. The van der Waals surface area contributed by atoms with Gasteiger partial charge < -0.3 is 21.1 Å². The summed E-state index contributed by atoms with van der Waals surface area (Å²) in [6.07, 6.45) is 0.107. The van der Waals surface area contributed by atoms with Crippen LogP contribution in [0.1, 0.15) is 43.8 Å². The number of hydrogen-bond donors (Lipinski definition) is 3. The molecule has 0 radical (unpaired) electrons. The van der Waals surface area contributed by atoms with Crippen molar-refractivity contribution in [3.8, 4) is 0 Å². The van der Waals surface area contributed by atoms with E-state index in [-0.39, 0.29) is 17.3 Å². The summed E-state index contributed by atoms with van der Waals surface area (Å²) < 4.78 is 0. The molecule has 7 heteroatoms. The van der Waals surface area contributed by atoms with E-state index in [9.17, 15) is 9.90 Å². The van der Waals surface area contributed by atoms with E-state index in [1.807, 2.05) is 20.8 Å². The largest absolute Gasteiger partial charge is 0.393 e. The molecule has 0 fully saturated rings. The van der Waals surface area contributed by atoms with E-state index in [0.29, 0.717) is 23.0 Å². The fraction of sp³-hybridized carbons (Fsp3) is 0.692. The summed E-state index contributed by atoms with van der Waals surface area (Å²) in [5.74, 6) is 0.0817. The molecule has 0 saturated carbocycles. The van der Waals surface area contributed by atoms with Crippen LogP contribution in [-0.2, 0) is 0 Å². The molecule has 1 heterocycles. The summed E-state index contributed by atoms with van der Waals surface area (Å²) in [6.45, 7) is 8.23. The Kier molecular flexibility index (Phi) is 5.35. The summed E-state index contributed by atoms with van der Waals surface area (Å²) in [5.41, 5.74) is 5.68. The molecule has 0 aromatic carbocycles. The van der Waals surface area contributed by atoms with Gasteiger partial charge in [0, 0.05) is 19.1 Å². The highest BCUT2D eigenvalue weighted by Crippen LogP contribution is 2.28. The summed E-state index contributed by atoms with van der Waals surface area (Å²) in [5, 5.41) is 13.1. The van der Waals surface area contributed by atoms with E-state index >= 15 is 0 Å². The zero-order chi connectivity index (χ0) is 15.5. The lowest BCUT2D eigenvalue weighted by Gasteiger charge is -2.19. The maximum atomic E-state index is 12.3. The molecular formula is C13H24N4O2S. The molecule has 1 amide bonds. The minimum Gasteiger partial charge on any atom is -0.393 e. The van der Waals surface area contributed by atoms with Crippen molar-refractivity contribution in [2.24, 2.45) is 0 Å². The van der Waals surface area contributed by atoms with E-state index in [1.165, 1.54) is 11.3 Å². The molecule has 0 aliphatic rings. The first-order valence-corrected chi connectivity index (χ1v) is 7.40. The van der Waals surface area contributed by atoms with Crippen molar-refractivity contribution in [2.45, 2.75) is 45.8 Å². The van der Waals surface area contributed by atoms with Crippen molar-refractivity contribution in [1.82, 2.24) is 9.88 Å². The quantitative estimate of drug-likeness (QED) is 0.771. The van der Waals surface area contributed by atoms with Crippen LogP contribution in [0.3, 0.4) is 0 Å². The number of anilines is 2. The van der Waals surface area contributed by atoms with Crippen LogP contribution in [-0.4, -0.2) is 46.1 Å². The van der Waals surface area contributed by atoms with Gasteiger partial charge in [-0.25, -0.2) is 4.98 Å². The molecule has 1 rings (SSSR count). The number of nitrogens with zero attached hydrogens (tertiary/aromatic N) is 2. The summed E-state index contributed by atoms with van der Waals surface area (Å²) in [6, 6.07) is 0. The number of aliphatic hydroxyl groups is 1. The van der Waals surface area contributed by atoms with Gasteiger partial charge in [0.25, 0.3) is 5.91 Å². The van der Waals surface area contributed by atoms with Gasteiger partial charge in [-0.3, -0.25) is 4.79 Å². The number of rotatable bonds is 5. The number of thiazole rings is 1. The van der Waals surface area contributed by atoms with Crippen LogP contribution >= 0.6 is 11.3 Å². The predicted molar refractivity (Wildman–Crippen MR) is 83.2 cm³/mol. The Bertz CT molecular complexity index is 465. The van der Waals surface area contributed by atoms with E-state index in [2.05, 4.69) is 10.3 Å². The van der Waals surface area contributed by atoms with Gasteiger partial charge in [0.2, 0.25) is 0 Å². The lowest BCUT2D eigenvalue weighted by molar-refractivity contribution is 0.0774. The first kappa shape index (κ1) is 16.7. The lowest BCUT2D eigenvalue weighted by atomic mass is 10.1. The Balaban J connectivity index is 2.78. The van der Waals surface area contributed by atoms with Gasteiger partial charge in [0.15, 0.2) is 5.13 Å². The second-order valence-corrected chi connectivity index (χ2v) is 6.97. The molecule has 1 unspecified atom stereocenters. The van der Waals surface area contributed by atoms with Crippen LogP contribution in [0.15, 0.2) is 0 Å². The SMILES string of the molecule is CC(O)CCN(C)C(=O)c1sc(NC(C)(C)C)nc1N. The number of nitrogens with two attached hydrogens (primary N) is 1. The Morgan fingerprint density at radius 2 is 2.15 bits per heavy atom. The number of nitrogens with one attached hydrogen (secondary N) is 1. The molecule has 0 aliphatic carbocycles. The predicted octanol–water partition coefficient (Wildman–Crippen LogP) is 1.78. The molecule has 1 atom stereocenters. The third kappa shape index (κ3) is 4.97. The van der Waals surface area contributed by atoms with Crippen LogP contribution < -0.4 is 11.1 Å². The van der Waals surface area contributed by atoms with Gasteiger partial charge in [-0.15, -0.1) is 0 Å². The van der Waals surface area contributed by atoms with Crippen LogP contribution in [0.25, 0.3) is 0 Å². The standard InChI is InChI=1S/C13H24N4O2S/c1-8(18)6-7-17(5)11(19)9-10(14)15-12(20-9)16-13(2,3)4/h8,18H,6-7,14H2,1-5H3,(H,15,16). The number of amides is 1. The first-order valence-electron chi connectivity index (χ1n) is 6.58. The third-order valence-corrected chi connectivity index (χ3v) is 3.53. The molecular weight excluding hydrogens is 276 g/mol. The molecule has 4 N–H and O–H groups in total. The van der Waals surface area contributed by atoms with E-state index in [1.54, 1.807) is 18.9 Å². The second-order valence-electron chi connectivity index (χ2n) is 5.97. The highest BCUT2D eigenvalue weighted by atomic mass is 32.1. The molecule has 1 aromatic heterocycles. The van der Waals surface area contributed by atoms with Crippen molar-refractivity contribution in [3.63, 3.8) is 0 Å². The Hall–Kier alpha value is -1.34. The molecule has 0 aliphatic heterocycles. The van der Waals surface area contributed by atoms with E-state index in [4.69, 9.17) is 5.73 Å². The number of aliphatic hydroxyl groups excluding tert-OH is 1. The van der Waals surface area contributed by atoms with E-state index < -0.39 is 6.10 Å². The van der Waals surface area contributed by atoms with Crippen molar-refractivity contribution in [1.29, 1.82) is 0 Å². The monoisotopic (exact) mass is 300 g/mol. The Morgan fingerprint density at radius 3 is 2.65 bits per heavy atom. The normalized spacial score (nSPS) is 13.1. The van der Waals surface area contributed by atoms with Crippen molar-refractivity contribution < 1.29 is 9.90 Å². The van der Waals surface area contributed by atoms with Gasteiger partial charge in [-0.05, 0) is 34.1 Å². The summed E-state index contributed by atoms with van der Waals surface area (Å²) >= 11 is 1.26. The summed E-state index contributed by atoms with van der Waals surface area (Å²) in [4.78, 5) is 18.4. The number of hydrogen-bond acceptors (Lipinski definition) is 6. The average molecular weight is 300 g/mol.